The number of carbonyl (C=O) groups is 2. The quantitative estimate of drug-likeness (QED) is 0.261. The molecule has 2 heterocycles. The molecule has 0 unspecified atom stereocenters. The monoisotopic (exact) mass is 464 g/mol. The average molecular weight is 465 g/mol. The summed E-state index contributed by atoms with van der Waals surface area (Å²) in [6.45, 7) is 6.13. The fourth-order valence-corrected chi connectivity index (χ4v) is 3.97. The number of methoxy groups -OCH3 is 1. The normalized spacial score (nSPS) is 11.2. The number of aryl methyl sites for hydroxylation is 1. The lowest BCUT2D eigenvalue weighted by molar-refractivity contribution is -0.112. The first kappa shape index (κ1) is 23.8. The van der Waals surface area contributed by atoms with E-state index in [1.54, 1.807) is 18.2 Å². The maximum atomic E-state index is 12.7. The van der Waals surface area contributed by atoms with E-state index in [4.69, 9.17) is 13.9 Å². The Morgan fingerprint density at radius 2 is 2.00 bits per heavy atom. The highest BCUT2D eigenvalue weighted by atomic mass is 32.1. The highest BCUT2D eigenvalue weighted by molar-refractivity contribution is 7.16. The molecular weight excluding hydrogens is 440 g/mol. The molecule has 0 saturated heterocycles. The van der Waals surface area contributed by atoms with Crippen molar-refractivity contribution >= 4 is 34.3 Å². The molecule has 7 nitrogen and oxygen atoms in total. The summed E-state index contributed by atoms with van der Waals surface area (Å²) in [6.07, 6.45) is 1.35. The van der Waals surface area contributed by atoms with Crippen molar-refractivity contribution in [2.75, 3.05) is 12.4 Å². The van der Waals surface area contributed by atoms with Crippen LogP contribution in [0.15, 0.2) is 52.5 Å². The average Bonchev–Trinajstić information content (AvgIpc) is 3.43. The fraction of sp³-hybridized carbons (Fsp3) is 0.240. The smallest absolute Gasteiger partial charge is 0.340 e. The van der Waals surface area contributed by atoms with Crippen molar-refractivity contribution in [3.63, 3.8) is 0 Å². The number of benzene rings is 1. The van der Waals surface area contributed by atoms with Crippen molar-refractivity contribution < 1.29 is 23.5 Å². The molecule has 0 aliphatic rings. The summed E-state index contributed by atoms with van der Waals surface area (Å²) in [5.74, 6) is 0.608. The summed E-state index contributed by atoms with van der Waals surface area (Å²) in [4.78, 5) is 25.7. The minimum atomic E-state index is -0.645. The van der Waals surface area contributed by atoms with Crippen LogP contribution in [0, 0.1) is 18.3 Å². The van der Waals surface area contributed by atoms with E-state index in [2.05, 4.69) is 5.32 Å². The Kier molecular flexibility index (Phi) is 7.70. The van der Waals surface area contributed by atoms with Crippen molar-refractivity contribution in [3.8, 4) is 11.8 Å². The van der Waals surface area contributed by atoms with Gasteiger partial charge in [0.1, 0.15) is 40.5 Å². The van der Waals surface area contributed by atoms with Gasteiger partial charge in [0.25, 0.3) is 5.91 Å². The maximum absolute atomic E-state index is 12.7. The maximum Gasteiger partial charge on any atom is 0.340 e. The number of amides is 1. The van der Waals surface area contributed by atoms with E-state index >= 15 is 0 Å². The van der Waals surface area contributed by atoms with Gasteiger partial charge < -0.3 is 19.2 Å². The minimum absolute atomic E-state index is 0.161. The zero-order chi connectivity index (χ0) is 24.0. The zero-order valence-corrected chi connectivity index (χ0v) is 19.6. The number of para-hydroxylation sites is 1. The van der Waals surface area contributed by atoms with Gasteiger partial charge in [0.15, 0.2) is 0 Å². The summed E-state index contributed by atoms with van der Waals surface area (Å²) in [5.41, 5.74) is 1.10. The number of carbonyl (C=O) groups excluding carboxylic acids is 2. The van der Waals surface area contributed by atoms with Gasteiger partial charge in [-0.05, 0) is 42.7 Å². The number of ether oxygens (including phenoxy) is 2. The van der Waals surface area contributed by atoms with Crippen LogP contribution in [0.5, 0.6) is 5.75 Å². The van der Waals surface area contributed by atoms with E-state index < -0.39 is 11.9 Å². The Morgan fingerprint density at radius 3 is 2.67 bits per heavy atom. The second kappa shape index (κ2) is 10.7. The summed E-state index contributed by atoms with van der Waals surface area (Å²) < 4.78 is 16.3. The number of furan rings is 1. The van der Waals surface area contributed by atoms with Gasteiger partial charge in [-0.15, -0.1) is 11.3 Å². The first-order valence-corrected chi connectivity index (χ1v) is 11.1. The van der Waals surface area contributed by atoms with Gasteiger partial charge in [0.05, 0.1) is 12.7 Å². The SMILES string of the molecule is COC(=O)c1cc(C(C)C)sc1NC(=O)C(C#N)=Cc1ccc(COc2ccccc2C)o1. The number of hydrogen-bond donors (Lipinski definition) is 1. The van der Waals surface area contributed by atoms with Crippen LogP contribution >= 0.6 is 11.3 Å². The molecule has 3 aromatic rings. The van der Waals surface area contributed by atoms with Gasteiger partial charge >= 0.3 is 5.97 Å². The van der Waals surface area contributed by atoms with Crippen LogP contribution in [0.25, 0.3) is 6.08 Å². The third-order valence-electron chi connectivity index (χ3n) is 4.75. The topological polar surface area (TPSA) is 102 Å². The fourth-order valence-electron chi connectivity index (χ4n) is 2.93. The molecule has 1 aromatic carbocycles. The van der Waals surface area contributed by atoms with E-state index in [-0.39, 0.29) is 23.7 Å². The van der Waals surface area contributed by atoms with Crippen molar-refractivity contribution in [3.05, 3.63) is 75.6 Å². The Bertz CT molecular complexity index is 1230. The number of esters is 1. The highest BCUT2D eigenvalue weighted by Gasteiger charge is 2.21. The minimum Gasteiger partial charge on any atom is -0.485 e. The van der Waals surface area contributed by atoms with E-state index in [1.807, 2.05) is 51.1 Å². The van der Waals surface area contributed by atoms with Gasteiger partial charge in [-0.3, -0.25) is 4.79 Å². The van der Waals surface area contributed by atoms with E-state index in [0.29, 0.717) is 16.5 Å². The molecule has 0 saturated carbocycles. The number of nitriles is 1. The molecule has 0 fully saturated rings. The summed E-state index contributed by atoms with van der Waals surface area (Å²) >= 11 is 1.27. The van der Waals surface area contributed by atoms with Gasteiger partial charge in [0, 0.05) is 11.0 Å². The van der Waals surface area contributed by atoms with Crippen LogP contribution in [0.4, 0.5) is 5.00 Å². The number of nitrogens with one attached hydrogen (secondary N) is 1. The molecule has 3 rings (SSSR count). The van der Waals surface area contributed by atoms with Crippen molar-refractivity contribution in [2.45, 2.75) is 33.3 Å². The molecule has 0 aliphatic heterocycles. The Hall–Kier alpha value is -3.83. The third kappa shape index (κ3) is 5.90. The Labute approximate surface area is 196 Å². The van der Waals surface area contributed by atoms with Gasteiger partial charge in [-0.2, -0.15) is 5.26 Å². The number of thiophene rings is 1. The summed E-state index contributed by atoms with van der Waals surface area (Å²) in [6, 6.07) is 14.6. The van der Waals surface area contributed by atoms with Gasteiger partial charge in [0.2, 0.25) is 0 Å². The van der Waals surface area contributed by atoms with Crippen LogP contribution < -0.4 is 10.1 Å². The predicted molar refractivity (Wildman–Crippen MR) is 126 cm³/mol. The molecule has 0 bridgehead atoms. The van der Waals surface area contributed by atoms with Gasteiger partial charge in [-0.1, -0.05) is 32.0 Å². The zero-order valence-electron chi connectivity index (χ0n) is 18.8. The molecule has 0 spiro atoms. The lowest BCUT2D eigenvalue weighted by Crippen LogP contribution is -2.15. The molecule has 0 atom stereocenters. The molecule has 170 valence electrons. The molecule has 1 amide bonds. The third-order valence-corrected chi connectivity index (χ3v) is 6.10. The molecule has 0 aliphatic carbocycles. The first-order chi connectivity index (χ1) is 15.8. The number of rotatable bonds is 8. The molecule has 0 radical (unpaired) electrons. The van der Waals surface area contributed by atoms with E-state index in [9.17, 15) is 14.9 Å². The van der Waals surface area contributed by atoms with Gasteiger partial charge in [-0.25, -0.2) is 4.79 Å². The lowest BCUT2D eigenvalue weighted by Gasteiger charge is -2.06. The number of anilines is 1. The van der Waals surface area contributed by atoms with Crippen molar-refractivity contribution in [1.29, 1.82) is 5.26 Å². The molecule has 1 N–H and O–H groups in total. The van der Waals surface area contributed by atoms with E-state index in [1.165, 1.54) is 24.5 Å². The van der Waals surface area contributed by atoms with Crippen LogP contribution in [0.1, 0.15) is 52.1 Å². The van der Waals surface area contributed by atoms with Crippen LogP contribution in [-0.2, 0) is 16.1 Å². The number of hydrogen-bond acceptors (Lipinski definition) is 7. The second-order valence-corrected chi connectivity index (χ2v) is 8.60. The van der Waals surface area contributed by atoms with Crippen LogP contribution in [-0.4, -0.2) is 19.0 Å². The Balaban J connectivity index is 1.74. The predicted octanol–water partition coefficient (Wildman–Crippen LogP) is 5.68. The molecule has 33 heavy (non-hydrogen) atoms. The number of nitrogens with zero attached hydrogens (tertiary/aromatic N) is 1. The first-order valence-electron chi connectivity index (χ1n) is 10.2. The standard InChI is InChI=1S/C25H24N2O5S/c1-15(2)22-12-20(25(29)30-4)24(33-22)27-23(28)17(13-26)11-18-9-10-19(32-18)14-31-21-8-6-5-7-16(21)3/h5-12,15H,14H2,1-4H3,(H,27,28). The lowest BCUT2D eigenvalue weighted by atomic mass is 10.1. The largest absolute Gasteiger partial charge is 0.485 e. The molecule has 2 aromatic heterocycles. The second-order valence-electron chi connectivity index (χ2n) is 7.52. The highest BCUT2D eigenvalue weighted by Crippen LogP contribution is 2.33. The van der Waals surface area contributed by atoms with Crippen molar-refractivity contribution in [1.82, 2.24) is 0 Å². The van der Waals surface area contributed by atoms with Crippen molar-refractivity contribution in [2.24, 2.45) is 0 Å². The molecular formula is C25H24N2O5S. The Morgan fingerprint density at radius 1 is 1.24 bits per heavy atom. The molecule has 8 heteroatoms. The van der Waals surface area contributed by atoms with Crippen LogP contribution in [0.2, 0.25) is 0 Å². The van der Waals surface area contributed by atoms with Crippen LogP contribution in [0.3, 0.4) is 0 Å². The van der Waals surface area contributed by atoms with E-state index in [0.717, 1.165) is 16.2 Å². The summed E-state index contributed by atoms with van der Waals surface area (Å²) in [5, 5.41) is 12.5. The summed E-state index contributed by atoms with van der Waals surface area (Å²) in [7, 11) is 1.28.